The van der Waals surface area contributed by atoms with E-state index in [1.165, 1.54) is 25.0 Å². The van der Waals surface area contributed by atoms with E-state index < -0.39 is 0 Å². The molecule has 2 aromatic carbocycles. The van der Waals surface area contributed by atoms with Gasteiger partial charge < -0.3 is 14.4 Å². The lowest BCUT2D eigenvalue weighted by atomic mass is 10.1. The van der Waals surface area contributed by atoms with Crippen molar-refractivity contribution in [1.82, 2.24) is 9.80 Å². The second kappa shape index (κ2) is 11.9. The Bertz CT molecular complexity index is 858. The molecule has 5 nitrogen and oxygen atoms in total. The van der Waals surface area contributed by atoms with Gasteiger partial charge in [-0.2, -0.15) is 0 Å². The third-order valence-electron chi connectivity index (χ3n) is 5.30. The molecular formula is C24H32ClFN2O3. The van der Waals surface area contributed by atoms with Crippen molar-refractivity contribution in [2.24, 2.45) is 5.92 Å². The summed E-state index contributed by atoms with van der Waals surface area (Å²) in [5.74, 6) is 1.87. The summed E-state index contributed by atoms with van der Waals surface area (Å²) in [5.41, 5.74) is 1.89. The van der Waals surface area contributed by atoms with E-state index in [1.54, 1.807) is 32.2 Å². The molecule has 0 radical (unpaired) electrons. The van der Waals surface area contributed by atoms with Crippen LogP contribution >= 0.6 is 12.4 Å². The van der Waals surface area contributed by atoms with E-state index in [2.05, 4.69) is 4.90 Å². The number of hydrogen-bond donors (Lipinski definition) is 0. The van der Waals surface area contributed by atoms with E-state index in [9.17, 15) is 9.18 Å². The molecule has 2 aromatic rings. The third kappa shape index (κ3) is 8.04. The number of amides is 1. The number of hydrogen-bond acceptors (Lipinski definition) is 4. The first-order valence-electron chi connectivity index (χ1n) is 10.4. The zero-order valence-electron chi connectivity index (χ0n) is 18.5. The maximum absolute atomic E-state index is 13.3. The second-order valence-electron chi connectivity index (χ2n) is 8.12. The fourth-order valence-electron chi connectivity index (χ4n) is 3.29. The fraction of sp³-hybridized carbons (Fsp3) is 0.458. The number of likely N-dealkylation sites (N-methyl/N-ethyl adjacent to an activating group) is 1. The van der Waals surface area contributed by atoms with Gasteiger partial charge in [0.15, 0.2) is 11.5 Å². The number of carbonyl (C=O) groups is 1. The Morgan fingerprint density at radius 3 is 2.52 bits per heavy atom. The highest BCUT2D eigenvalue weighted by atomic mass is 35.5. The first kappa shape index (κ1) is 25.0. The predicted octanol–water partition coefficient (Wildman–Crippen LogP) is 4.18. The largest absolute Gasteiger partial charge is 0.493 e. The van der Waals surface area contributed by atoms with Gasteiger partial charge in [0.05, 0.1) is 13.7 Å². The molecule has 0 heterocycles. The Balaban J connectivity index is 0.00000341. The molecule has 1 aliphatic carbocycles. The lowest BCUT2D eigenvalue weighted by molar-refractivity contribution is -0.129. The molecule has 31 heavy (non-hydrogen) atoms. The molecular weight excluding hydrogens is 419 g/mol. The van der Waals surface area contributed by atoms with Gasteiger partial charge in [-0.25, -0.2) is 4.39 Å². The molecule has 1 aliphatic rings. The molecule has 1 saturated carbocycles. The van der Waals surface area contributed by atoms with Gasteiger partial charge in [0.25, 0.3) is 0 Å². The van der Waals surface area contributed by atoms with Crippen molar-refractivity contribution in [1.29, 1.82) is 0 Å². The van der Waals surface area contributed by atoms with Gasteiger partial charge in [-0.05, 0) is 60.6 Å². The van der Waals surface area contributed by atoms with Crippen LogP contribution in [0.5, 0.6) is 11.5 Å². The van der Waals surface area contributed by atoms with Crippen LogP contribution in [0.25, 0.3) is 0 Å². The van der Waals surface area contributed by atoms with Crippen LogP contribution in [0.15, 0.2) is 42.5 Å². The molecule has 0 N–H and O–H groups in total. The van der Waals surface area contributed by atoms with Crippen molar-refractivity contribution in [2.45, 2.75) is 25.9 Å². The summed E-state index contributed by atoms with van der Waals surface area (Å²) < 4.78 is 24.7. The summed E-state index contributed by atoms with van der Waals surface area (Å²) in [7, 11) is 5.21. The maximum atomic E-state index is 13.3. The minimum Gasteiger partial charge on any atom is -0.493 e. The van der Waals surface area contributed by atoms with E-state index in [1.807, 2.05) is 24.3 Å². The van der Waals surface area contributed by atoms with Crippen molar-refractivity contribution in [3.05, 3.63) is 59.4 Å². The Morgan fingerprint density at radius 1 is 1.10 bits per heavy atom. The van der Waals surface area contributed by atoms with E-state index in [4.69, 9.17) is 9.47 Å². The zero-order chi connectivity index (χ0) is 21.5. The number of benzene rings is 2. The van der Waals surface area contributed by atoms with Crippen molar-refractivity contribution >= 4 is 18.3 Å². The van der Waals surface area contributed by atoms with Crippen molar-refractivity contribution in [3.8, 4) is 11.5 Å². The highest BCUT2D eigenvalue weighted by molar-refractivity contribution is 5.85. The molecule has 0 saturated heterocycles. The number of rotatable bonds is 11. The first-order valence-corrected chi connectivity index (χ1v) is 10.4. The summed E-state index contributed by atoms with van der Waals surface area (Å²) in [6.45, 7) is 2.53. The lowest BCUT2D eigenvalue weighted by Gasteiger charge is -2.23. The summed E-state index contributed by atoms with van der Waals surface area (Å²) in [6, 6.07) is 12.3. The Kier molecular flexibility index (Phi) is 9.59. The van der Waals surface area contributed by atoms with Crippen LogP contribution in [-0.2, 0) is 17.8 Å². The molecule has 3 rings (SSSR count). The smallest absolute Gasteiger partial charge is 0.236 e. The van der Waals surface area contributed by atoms with Crippen LogP contribution in [0.2, 0.25) is 0 Å². The fourth-order valence-corrected chi connectivity index (χ4v) is 3.29. The predicted molar refractivity (Wildman–Crippen MR) is 123 cm³/mol. The molecule has 1 amide bonds. The molecule has 0 aliphatic heterocycles. The van der Waals surface area contributed by atoms with Crippen LogP contribution < -0.4 is 9.47 Å². The second-order valence-corrected chi connectivity index (χ2v) is 8.12. The van der Waals surface area contributed by atoms with Crippen molar-refractivity contribution < 1.29 is 18.7 Å². The van der Waals surface area contributed by atoms with Crippen molar-refractivity contribution in [3.63, 3.8) is 0 Å². The van der Waals surface area contributed by atoms with E-state index in [0.29, 0.717) is 18.0 Å². The molecule has 1 fully saturated rings. The summed E-state index contributed by atoms with van der Waals surface area (Å²) in [4.78, 5) is 16.0. The monoisotopic (exact) mass is 450 g/mol. The zero-order valence-corrected chi connectivity index (χ0v) is 19.3. The normalized spacial score (nSPS) is 12.9. The number of carbonyl (C=O) groups excluding carboxylic acids is 1. The van der Waals surface area contributed by atoms with E-state index >= 15 is 0 Å². The topological polar surface area (TPSA) is 42.0 Å². The van der Waals surface area contributed by atoms with E-state index in [-0.39, 0.29) is 30.7 Å². The Labute approximate surface area is 190 Å². The molecule has 0 atom stereocenters. The van der Waals surface area contributed by atoms with Crippen molar-refractivity contribution in [2.75, 3.05) is 40.8 Å². The highest BCUT2D eigenvalue weighted by Gasteiger charge is 2.25. The van der Waals surface area contributed by atoms with Gasteiger partial charge >= 0.3 is 0 Å². The standard InChI is InChI=1S/C24H31FN2O3.ClH/c1-26(2)24(28)16-27(15-19-7-8-19)12-11-18-9-10-22(23(14-18)29-3)30-17-20-5-4-6-21(25)13-20;/h4-6,9-10,13-14,19H,7-8,11-12,15-17H2,1-3H3;1H. The first-order chi connectivity index (χ1) is 14.4. The quantitative estimate of drug-likeness (QED) is 0.515. The van der Waals surface area contributed by atoms with Gasteiger partial charge in [0, 0.05) is 27.2 Å². The van der Waals surface area contributed by atoms with Crippen LogP contribution in [0, 0.1) is 11.7 Å². The number of nitrogens with zero attached hydrogens (tertiary/aromatic N) is 2. The minimum absolute atomic E-state index is 0. The van der Waals surface area contributed by atoms with E-state index in [0.717, 1.165) is 36.6 Å². The molecule has 0 unspecified atom stereocenters. The number of ether oxygens (including phenoxy) is 2. The highest BCUT2D eigenvalue weighted by Crippen LogP contribution is 2.31. The lowest BCUT2D eigenvalue weighted by Crippen LogP contribution is -2.38. The van der Waals surface area contributed by atoms with Crippen LogP contribution in [-0.4, -0.2) is 56.5 Å². The van der Waals surface area contributed by atoms with Gasteiger partial charge in [-0.3, -0.25) is 9.69 Å². The van der Waals surface area contributed by atoms with Crippen LogP contribution in [0.3, 0.4) is 0 Å². The van der Waals surface area contributed by atoms with Gasteiger partial charge in [0.1, 0.15) is 12.4 Å². The average molecular weight is 451 g/mol. The molecule has 170 valence electrons. The average Bonchev–Trinajstić information content (AvgIpc) is 3.54. The van der Waals surface area contributed by atoms with Gasteiger partial charge in [-0.1, -0.05) is 18.2 Å². The summed E-state index contributed by atoms with van der Waals surface area (Å²) in [6.07, 6.45) is 3.35. The van der Waals surface area contributed by atoms with Gasteiger partial charge in [-0.15, -0.1) is 12.4 Å². The summed E-state index contributed by atoms with van der Waals surface area (Å²) in [5, 5.41) is 0. The Morgan fingerprint density at radius 2 is 1.87 bits per heavy atom. The SMILES string of the molecule is COc1cc(CCN(CC(=O)N(C)C)CC2CC2)ccc1OCc1cccc(F)c1.Cl. The molecule has 0 aromatic heterocycles. The molecule has 7 heteroatoms. The number of halogens is 2. The number of methoxy groups -OCH3 is 1. The minimum atomic E-state index is -0.276. The summed E-state index contributed by atoms with van der Waals surface area (Å²) >= 11 is 0. The maximum Gasteiger partial charge on any atom is 0.236 e. The van der Waals surface area contributed by atoms with Gasteiger partial charge in [0.2, 0.25) is 5.91 Å². The van der Waals surface area contributed by atoms with Crippen LogP contribution in [0.4, 0.5) is 4.39 Å². The third-order valence-corrected chi connectivity index (χ3v) is 5.30. The molecule has 0 spiro atoms. The van der Waals surface area contributed by atoms with Crippen LogP contribution in [0.1, 0.15) is 24.0 Å². The molecule has 0 bridgehead atoms. The Hall–Kier alpha value is -2.31.